The third-order valence-corrected chi connectivity index (χ3v) is 4.43. The molecule has 0 aromatic carbocycles. The highest BCUT2D eigenvalue weighted by Gasteiger charge is 2.25. The van der Waals surface area contributed by atoms with Crippen molar-refractivity contribution in [3.05, 3.63) is 11.5 Å². The number of ether oxygens (including phenoxy) is 2. The highest BCUT2D eigenvalue weighted by atomic mass is 35.5. The monoisotopic (exact) mass is 323 g/mol. The van der Waals surface area contributed by atoms with Crippen LogP contribution in [-0.2, 0) is 9.47 Å². The van der Waals surface area contributed by atoms with Crippen LogP contribution in [0.5, 0.6) is 0 Å². The Bertz CT molecular complexity index is 665. The maximum Gasteiger partial charge on any atom is 0.167 e. The molecular formula is C14H18ClN5O2. The van der Waals surface area contributed by atoms with Crippen molar-refractivity contribution in [1.29, 1.82) is 0 Å². The molecule has 0 amide bonds. The van der Waals surface area contributed by atoms with Crippen LogP contribution in [0.4, 0.5) is 5.82 Å². The molecule has 2 aromatic heterocycles. The first-order valence-electron chi connectivity index (χ1n) is 7.67. The molecule has 7 nitrogen and oxygen atoms in total. The summed E-state index contributed by atoms with van der Waals surface area (Å²) in [6.45, 7) is 3.75. The van der Waals surface area contributed by atoms with Crippen molar-refractivity contribution in [1.82, 2.24) is 19.7 Å². The van der Waals surface area contributed by atoms with Crippen LogP contribution in [0.1, 0.15) is 25.5 Å². The summed E-state index contributed by atoms with van der Waals surface area (Å²) in [4.78, 5) is 11.0. The van der Waals surface area contributed by atoms with Gasteiger partial charge >= 0.3 is 0 Å². The van der Waals surface area contributed by atoms with Gasteiger partial charge in [-0.2, -0.15) is 5.10 Å². The van der Waals surface area contributed by atoms with Crippen LogP contribution in [0.2, 0.25) is 5.15 Å². The van der Waals surface area contributed by atoms with Crippen LogP contribution in [0.15, 0.2) is 6.33 Å². The van der Waals surface area contributed by atoms with E-state index in [9.17, 15) is 0 Å². The lowest BCUT2D eigenvalue weighted by molar-refractivity contribution is -0.0369. The molecule has 118 valence electrons. The van der Waals surface area contributed by atoms with Gasteiger partial charge in [-0.05, 0) is 19.3 Å². The van der Waals surface area contributed by atoms with Gasteiger partial charge in [0.2, 0.25) is 0 Å². The minimum absolute atomic E-state index is 0.0869. The van der Waals surface area contributed by atoms with Crippen LogP contribution in [-0.4, -0.2) is 52.7 Å². The molecule has 0 saturated carbocycles. The molecule has 2 aliphatic rings. The van der Waals surface area contributed by atoms with Gasteiger partial charge in [-0.25, -0.2) is 14.6 Å². The quantitative estimate of drug-likeness (QED) is 0.842. The molecule has 1 atom stereocenters. The van der Waals surface area contributed by atoms with Gasteiger partial charge in [0.25, 0.3) is 0 Å². The second-order valence-electron chi connectivity index (χ2n) is 5.55. The summed E-state index contributed by atoms with van der Waals surface area (Å²) >= 11 is 6.40. The molecule has 2 aliphatic heterocycles. The van der Waals surface area contributed by atoms with Gasteiger partial charge in [0, 0.05) is 19.7 Å². The summed E-state index contributed by atoms with van der Waals surface area (Å²) in [5.41, 5.74) is 0.744. The number of aromatic nitrogens is 4. The number of rotatable bonds is 2. The lowest BCUT2D eigenvalue weighted by Gasteiger charge is -2.28. The Morgan fingerprint density at radius 2 is 2.00 bits per heavy atom. The van der Waals surface area contributed by atoms with E-state index in [1.54, 1.807) is 6.33 Å². The first-order valence-corrected chi connectivity index (χ1v) is 8.05. The fourth-order valence-corrected chi connectivity index (χ4v) is 3.30. The van der Waals surface area contributed by atoms with E-state index >= 15 is 0 Å². The van der Waals surface area contributed by atoms with Crippen molar-refractivity contribution >= 4 is 28.5 Å². The molecule has 4 heterocycles. The van der Waals surface area contributed by atoms with Gasteiger partial charge in [-0.15, -0.1) is 0 Å². The SMILES string of the molecule is Clc1nn(C2CCCCO2)c2ncnc(N3CCOCC3)c12. The standard InChI is InChI=1S/C14H18ClN5O2/c15-12-11-13(19-4-7-21-8-5-19)16-9-17-14(11)20(18-12)10-3-1-2-6-22-10/h9-10H,1-8H2. The molecule has 0 radical (unpaired) electrons. The van der Waals surface area contributed by atoms with Gasteiger partial charge in [0.05, 0.1) is 13.2 Å². The minimum Gasteiger partial charge on any atom is -0.378 e. The van der Waals surface area contributed by atoms with Gasteiger partial charge < -0.3 is 14.4 Å². The van der Waals surface area contributed by atoms with E-state index in [4.69, 9.17) is 21.1 Å². The summed E-state index contributed by atoms with van der Waals surface area (Å²) < 4.78 is 13.0. The Balaban J connectivity index is 1.78. The Morgan fingerprint density at radius 1 is 1.14 bits per heavy atom. The Hall–Kier alpha value is -1.44. The van der Waals surface area contributed by atoms with Crippen LogP contribution >= 0.6 is 11.6 Å². The predicted molar refractivity (Wildman–Crippen MR) is 82.2 cm³/mol. The molecule has 2 fully saturated rings. The zero-order chi connectivity index (χ0) is 14.9. The average Bonchev–Trinajstić information content (AvgIpc) is 2.94. The summed E-state index contributed by atoms with van der Waals surface area (Å²) in [5.74, 6) is 0.834. The topological polar surface area (TPSA) is 65.3 Å². The number of hydrogen-bond acceptors (Lipinski definition) is 6. The lowest BCUT2D eigenvalue weighted by Crippen LogP contribution is -2.36. The third-order valence-electron chi connectivity index (χ3n) is 4.17. The van der Waals surface area contributed by atoms with E-state index in [1.807, 2.05) is 4.68 Å². The molecule has 1 unspecified atom stereocenters. The number of fused-ring (bicyclic) bond motifs is 1. The molecule has 22 heavy (non-hydrogen) atoms. The maximum atomic E-state index is 6.40. The van der Waals surface area contributed by atoms with E-state index in [-0.39, 0.29) is 6.23 Å². The second kappa shape index (κ2) is 5.98. The first kappa shape index (κ1) is 14.2. The summed E-state index contributed by atoms with van der Waals surface area (Å²) in [6, 6.07) is 0. The normalized spacial score (nSPS) is 23.1. The maximum absolute atomic E-state index is 6.40. The lowest BCUT2D eigenvalue weighted by atomic mass is 10.2. The minimum atomic E-state index is -0.0869. The zero-order valence-electron chi connectivity index (χ0n) is 12.2. The number of nitrogens with zero attached hydrogens (tertiary/aromatic N) is 5. The summed E-state index contributed by atoms with van der Waals surface area (Å²) in [5, 5.41) is 5.71. The van der Waals surface area contributed by atoms with E-state index in [1.165, 1.54) is 0 Å². The molecule has 0 N–H and O–H groups in total. The van der Waals surface area contributed by atoms with Gasteiger partial charge in [0.1, 0.15) is 17.5 Å². The Morgan fingerprint density at radius 3 is 2.77 bits per heavy atom. The largest absolute Gasteiger partial charge is 0.378 e. The highest BCUT2D eigenvalue weighted by Crippen LogP contribution is 2.33. The van der Waals surface area contributed by atoms with Crippen molar-refractivity contribution in [2.75, 3.05) is 37.8 Å². The van der Waals surface area contributed by atoms with Gasteiger partial charge in [-0.3, -0.25) is 0 Å². The molecule has 4 rings (SSSR count). The summed E-state index contributed by atoms with van der Waals surface area (Å²) in [7, 11) is 0. The van der Waals surface area contributed by atoms with Gasteiger partial charge in [-0.1, -0.05) is 11.6 Å². The molecule has 0 bridgehead atoms. The molecular weight excluding hydrogens is 306 g/mol. The van der Waals surface area contributed by atoms with Gasteiger partial charge in [0.15, 0.2) is 17.0 Å². The number of morpholine rings is 1. The zero-order valence-corrected chi connectivity index (χ0v) is 13.0. The average molecular weight is 324 g/mol. The number of hydrogen-bond donors (Lipinski definition) is 0. The summed E-state index contributed by atoms with van der Waals surface area (Å²) in [6.07, 6.45) is 4.65. The van der Waals surface area contributed by atoms with Crippen molar-refractivity contribution in [3.8, 4) is 0 Å². The third kappa shape index (κ3) is 2.43. The van der Waals surface area contributed by atoms with Crippen molar-refractivity contribution in [2.45, 2.75) is 25.5 Å². The van der Waals surface area contributed by atoms with Crippen LogP contribution in [0, 0.1) is 0 Å². The van der Waals surface area contributed by atoms with Crippen molar-refractivity contribution in [3.63, 3.8) is 0 Å². The fourth-order valence-electron chi connectivity index (χ4n) is 3.05. The first-order chi connectivity index (χ1) is 10.8. The fraction of sp³-hybridized carbons (Fsp3) is 0.643. The smallest absolute Gasteiger partial charge is 0.167 e. The van der Waals surface area contributed by atoms with Crippen LogP contribution < -0.4 is 4.90 Å². The highest BCUT2D eigenvalue weighted by molar-refractivity contribution is 6.35. The van der Waals surface area contributed by atoms with E-state index in [0.717, 1.165) is 55.8 Å². The Kier molecular flexibility index (Phi) is 3.85. The second-order valence-corrected chi connectivity index (χ2v) is 5.91. The molecule has 8 heteroatoms. The van der Waals surface area contributed by atoms with Crippen molar-refractivity contribution < 1.29 is 9.47 Å². The number of anilines is 1. The molecule has 2 aromatic rings. The molecule has 0 aliphatic carbocycles. The van der Waals surface area contributed by atoms with E-state index in [0.29, 0.717) is 18.4 Å². The van der Waals surface area contributed by atoms with Crippen molar-refractivity contribution in [2.24, 2.45) is 0 Å². The van der Waals surface area contributed by atoms with E-state index in [2.05, 4.69) is 20.0 Å². The van der Waals surface area contributed by atoms with E-state index < -0.39 is 0 Å². The Labute approximate surface area is 133 Å². The molecule has 0 spiro atoms. The van der Waals surface area contributed by atoms with Crippen LogP contribution in [0.3, 0.4) is 0 Å². The number of halogens is 1. The van der Waals surface area contributed by atoms with Crippen LogP contribution in [0.25, 0.3) is 11.0 Å². The predicted octanol–water partition coefficient (Wildman–Crippen LogP) is 2.02. The molecule has 2 saturated heterocycles.